The molecule has 0 aliphatic heterocycles. The molecule has 0 saturated carbocycles. The largest absolute Gasteiger partial charge is 0.298 e. The molecule has 0 aliphatic carbocycles. The van der Waals surface area contributed by atoms with Crippen LogP contribution in [0.25, 0.3) is 11.4 Å². The van der Waals surface area contributed by atoms with Gasteiger partial charge in [0.1, 0.15) is 11.4 Å². The Bertz CT molecular complexity index is 562. The summed E-state index contributed by atoms with van der Waals surface area (Å²) in [4.78, 5) is 19.6. The fourth-order valence-electron chi connectivity index (χ4n) is 1.73. The lowest BCUT2D eigenvalue weighted by Gasteiger charge is -2.08. The van der Waals surface area contributed by atoms with Crippen LogP contribution in [-0.4, -0.2) is 26.0 Å². The molecule has 0 amide bonds. The van der Waals surface area contributed by atoms with Crippen molar-refractivity contribution in [2.45, 2.75) is 33.2 Å². The van der Waals surface area contributed by atoms with Crippen molar-refractivity contribution in [3.63, 3.8) is 0 Å². The van der Waals surface area contributed by atoms with Gasteiger partial charge in [-0.05, 0) is 20.3 Å². The Morgan fingerprint density at radius 2 is 2.06 bits per heavy atom. The summed E-state index contributed by atoms with van der Waals surface area (Å²) in [5.41, 5.74) is 2.60. The van der Waals surface area contributed by atoms with E-state index in [1.165, 1.54) is 0 Å². The van der Waals surface area contributed by atoms with Gasteiger partial charge in [0, 0.05) is 24.6 Å². The molecule has 5 heteroatoms. The van der Waals surface area contributed by atoms with Gasteiger partial charge in [-0.25, -0.2) is 0 Å². The molecule has 5 nitrogen and oxygen atoms in total. The van der Waals surface area contributed by atoms with Crippen molar-refractivity contribution < 1.29 is 4.79 Å². The zero-order chi connectivity index (χ0) is 13.1. The molecule has 1 atom stereocenters. The number of carbonyl (C=O) groups is 1. The summed E-state index contributed by atoms with van der Waals surface area (Å²) < 4.78 is 1.81. The summed E-state index contributed by atoms with van der Waals surface area (Å²) in [7, 11) is 0. The average molecular weight is 244 g/mol. The fraction of sp³-hybridized carbons (Fsp3) is 0.385. The van der Waals surface area contributed by atoms with Crippen LogP contribution in [0.4, 0.5) is 0 Å². The first-order chi connectivity index (χ1) is 8.67. The first kappa shape index (κ1) is 12.4. The normalized spacial score (nSPS) is 12.4. The van der Waals surface area contributed by atoms with Crippen LogP contribution < -0.4 is 0 Å². The van der Waals surface area contributed by atoms with Crippen molar-refractivity contribution in [3.05, 3.63) is 29.8 Å². The summed E-state index contributed by atoms with van der Waals surface area (Å²) in [6, 6.07) is 0.259. The molecule has 2 heterocycles. The monoisotopic (exact) mass is 244 g/mol. The highest BCUT2D eigenvalue weighted by atomic mass is 16.1. The minimum atomic E-state index is 0.259. The van der Waals surface area contributed by atoms with Gasteiger partial charge in [0.05, 0.1) is 11.3 Å². The Morgan fingerprint density at radius 3 is 2.67 bits per heavy atom. The van der Waals surface area contributed by atoms with Crippen molar-refractivity contribution >= 4 is 6.29 Å². The molecule has 1 unspecified atom stereocenters. The van der Waals surface area contributed by atoms with Crippen LogP contribution in [-0.2, 0) is 0 Å². The van der Waals surface area contributed by atoms with E-state index < -0.39 is 0 Å². The average Bonchev–Trinajstić information content (AvgIpc) is 2.82. The Balaban J connectivity index is 2.54. The minimum Gasteiger partial charge on any atom is -0.298 e. The highest BCUT2D eigenvalue weighted by Crippen LogP contribution is 2.22. The minimum absolute atomic E-state index is 0.259. The zero-order valence-corrected chi connectivity index (χ0v) is 10.8. The van der Waals surface area contributed by atoms with E-state index in [9.17, 15) is 4.79 Å². The van der Waals surface area contributed by atoms with Gasteiger partial charge in [-0.15, -0.1) is 0 Å². The highest BCUT2D eigenvalue weighted by molar-refractivity contribution is 5.84. The number of hydrogen-bond acceptors (Lipinski definition) is 4. The fourth-order valence-corrected chi connectivity index (χ4v) is 1.73. The van der Waals surface area contributed by atoms with Crippen LogP contribution in [0.2, 0.25) is 0 Å². The first-order valence-electron chi connectivity index (χ1n) is 5.99. The maximum Gasteiger partial charge on any atom is 0.153 e. The van der Waals surface area contributed by atoms with Gasteiger partial charge in [-0.3, -0.25) is 19.4 Å². The number of hydrogen-bond donors (Lipinski definition) is 0. The molecule has 2 aromatic rings. The molecule has 0 aromatic carbocycles. The van der Waals surface area contributed by atoms with Crippen LogP contribution in [0.3, 0.4) is 0 Å². The van der Waals surface area contributed by atoms with Crippen LogP contribution >= 0.6 is 0 Å². The quantitative estimate of drug-likeness (QED) is 0.775. The Morgan fingerprint density at radius 1 is 1.33 bits per heavy atom. The third-order valence-corrected chi connectivity index (χ3v) is 3.04. The number of rotatable bonds is 4. The predicted molar refractivity (Wildman–Crippen MR) is 68.4 cm³/mol. The van der Waals surface area contributed by atoms with E-state index in [0.29, 0.717) is 17.0 Å². The zero-order valence-electron chi connectivity index (χ0n) is 10.8. The summed E-state index contributed by atoms with van der Waals surface area (Å²) in [6.45, 7) is 6.01. The molecule has 2 aromatic heterocycles. The maximum absolute atomic E-state index is 11.1. The molecule has 2 rings (SSSR count). The van der Waals surface area contributed by atoms with E-state index in [1.807, 2.05) is 11.6 Å². The number of aryl methyl sites for hydroxylation is 1. The number of aldehydes is 1. The Hall–Kier alpha value is -2.04. The van der Waals surface area contributed by atoms with Crippen molar-refractivity contribution in [1.29, 1.82) is 0 Å². The van der Waals surface area contributed by atoms with Gasteiger partial charge in [-0.2, -0.15) is 5.10 Å². The highest BCUT2D eigenvalue weighted by Gasteiger charge is 2.16. The summed E-state index contributed by atoms with van der Waals surface area (Å²) >= 11 is 0. The van der Waals surface area contributed by atoms with Crippen LogP contribution in [0.1, 0.15) is 42.4 Å². The van der Waals surface area contributed by atoms with Crippen molar-refractivity contribution in [2.24, 2.45) is 0 Å². The molecule has 0 fully saturated rings. The lowest BCUT2D eigenvalue weighted by Crippen LogP contribution is -2.04. The molecular weight excluding hydrogens is 228 g/mol. The predicted octanol–water partition coefficient (Wildman–Crippen LogP) is 2.43. The molecule has 0 saturated heterocycles. The third kappa shape index (κ3) is 2.16. The summed E-state index contributed by atoms with van der Waals surface area (Å²) in [5, 5.41) is 4.47. The molecule has 0 N–H and O–H groups in total. The molecule has 0 bridgehead atoms. The summed E-state index contributed by atoms with van der Waals surface area (Å²) in [5.74, 6) is 0. The van der Waals surface area contributed by atoms with Gasteiger partial charge in [0.25, 0.3) is 0 Å². The van der Waals surface area contributed by atoms with Gasteiger partial charge < -0.3 is 0 Å². The van der Waals surface area contributed by atoms with E-state index in [2.05, 4.69) is 28.9 Å². The summed E-state index contributed by atoms with van der Waals surface area (Å²) in [6.07, 6.45) is 6.78. The second kappa shape index (κ2) is 5.08. The molecule has 18 heavy (non-hydrogen) atoms. The standard InChI is InChI=1S/C13H16N4O/c1-4-9(2)17-7-11(8-18)13(16-17)12-10(3)14-5-6-15-12/h5-9H,4H2,1-3H3. The van der Waals surface area contributed by atoms with E-state index >= 15 is 0 Å². The first-order valence-corrected chi connectivity index (χ1v) is 5.99. The number of nitrogens with zero attached hydrogens (tertiary/aromatic N) is 4. The SMILES string of the molecule is CCC(C)n1cc(C=O)c(-c2nccnc2C)n1. The third-order valence-electron chi connectivity index (χ3n) is 3.04. The van der Waals surface area contributed by atoms with Crippen molar-refractivity contribution in [2.75, 3.05) is 0 Å². The van der Waals surface area contributed by atoms with Crippen molar-refractivity contribution in [1.82, 2.24) is 19.7 Å². The van der Waals surface area contributed by atoms with Crippen LogP contribution in [0.5, 0.6) is 0 Å². The number of aromatic nitrogens is 4. The van der Waals surface area contributed by atoms with E-state index in [4.69, 9.17) is 0 Å². The number of carbonyl (C=O) groups excluding carboxylic acids is 1. The van der Waals surface area contributed by atoms with Gasteiger partial charge >= 0.3 is 0 Å². The van der Waals surface area contributed by atoms with Gasteiger partial charge in [0.2, 0.25) is 0 Å². The van der Waals surface area contributed by atoms with E-state index in [1.54, 1.807) is 18.6 Å². The van der Waals surface area contributed by atoms with E-state index in [-0.39, 0.29) is 6.04 Å². The molecule has 94 valence electrons. The maximum atomic E-state index is 11.1. The van der Waals surface area contributed by atoms with Crippen LogP contribution in [0.15, 0.2) is 18.6 Å². The molecule has 0 spiro atoms. The second-order valence-corrected chi connectivity index (χ2v) is 4.28. The van der Waals surface area contributed by atoms with Crippen LogP contribution in [0, 0.1) is 6.92 Å². The van der Waals surface area contributed by atoms with Gasteiger partial charge in [0.15, 0.2) is 6.29 Å². The Labute approximate surface area is 106 Å². The topological polar surface area (TPSA) is 60.7 Å². The lowest BCUT2D eigenvalue weighted by molar-refractivity contribution is 0.112. The molecular formula is C13H16N4O. The van der Waals surface area contributed by atoms with E-state index in [0.717, 1.165) is 18.4 Å². The second-order valence-electron chi connectivity index (χ2n) is 4.28. The van der Waals surface area contributed by atoms with Gasteiger partial charge in [-0.1, -0.05) is 6.92 Å². The molecule has 0 radical (unpaired) electrons. The molecule has 0 aliphatic rings. The lowest BCUT2D eigenvalue weighted by atomic mass is 10.2. The Kier molecular flexibility index (Phi) is 3.50. The smallest absolute Gasteiger partial charge is 0.153 e. The van der Waals surface area contributed by atoms with Crippen molar-refractivity contribution in [3.8, 4) is 11.4 Å².